The number of anilines is 1. The van der Waals surface area contributed by atoms with Gasteiger partial charge >= 0.3 is 12.2 Å². The minimum absolute atomic E-state index is 0.0664. The van der Waals surface area contributed by atoms with Crippen molar-refractivity contribution in [1.29, 1.82) is 0 Å². The topological polar surface area (TPSA) is 186 Å². The van der Waals surface area contributed by atoms with Gasteiger partial charge in [0.25, 0.3) is 0 Å². The van der Waals surface area contributed by atoms with E-state index < -0.39 is 23.2 Å². The maximum Gasteiger partial charge on any atom is 0.410 e. The number of aromatic nitrogens is 4. The number of nitrogens with zero attached hydrogens (tertiary/aromatic N) is 4. The molecule has 63 heavy (non-hydrogen) atoms. The molecule has 3 N–H and O–H groups in total. The number of tetrazole rings is 1. The van der Waals surface area contributed by atoms with Crippen LogP contribution in [-0.4, -0.2) is 86.0 Å². The van der Waals surface area contributed by atoms with Crippen LogP contribution in [0.4, 0.5) is 15.3 Å². The highest BCUT2D eigenvalue weighted by Crippen LogP contribution is 2.54. The maximum atomic E-state index is 14.1. The number of fused-ring (bicyclic) bond motifs is 1. The van der Waals surface area contributed by atoms with Crippen LogP contribution in [0, 0.1) is 42.4 Å². The zero-order chi connectivity index (χ0) is 45.1. The van der Waals surface area contributed by atoms with Gasteiger partial charge in [-0.1, -0.05) is 36.4 Å². The van der Waals surface area contributed by atoms with E-state index in [-0.39, 0.29) is 47.7 Å². The van der Waals surface area contributed by atoms with Crippen LogP contribution >= 0.6 is 0 Å². The average Bonchev–Trinajstić information content (AvgIpc) is 3.59. The highest BCUT2D eigenvalue weighted by molar-refractivity contribution is 5.98. The van der Waals surface area contributed by atoms with Crippen LogP contribution in [0.5, 0.6) is 0 Å². The lowest BCUT2D eigenvalue weighted by molar-refractivity contribution is -0.129. The van der Waals surface area contributed by atoms with E-state index in [0.717, 1.165) is 40.7 Å². The summed E-state index contributed by atoms with van der Waals surface area (Å²) < 4.78 is 10.9. The fourth-order valence-electron chi connectivity index (χ4n) is 9.15. The Kier molecular flexibility index (Phi) is 13.5. The number of carbonyl (C=O) groups excluding carboxylic acids is 5. The molecular weight excluding hydrogens is 799 g/mol. The Labute approximate surface area is 369 Å². The molecule has 14 heteroatoms. The fraction of sp³-hybridized carbons (Fsp3) is 0.510. The van der Waals surface area contributed by atoms with E-state index in [4.69, 9.17) is 9.47 Å². The zero-order valence-corrected chi connectivity index (χ0v) is 37.5. The molecule has 3 amide bonds. The van der Waals surface area contributed by atoms with Crippen LogP contribution < -0.4 is 10.6 Å². The second-order valence-electron chi connectivity index (χ2n) is 19.7. The number of rotatable bonds is 14. The number of alkyl carbamates (subject to hydrolysis) is 1. The van der Waals surface area contributed by atoms with Crippen LogP contribution in [-0.2, 0) is 25.5 Å². The number of likely N-dealkylation sites (tertiary alicyclic amines) is 1. The van der Waals surface area contributed by atoms with E-state index in [1.807, 2.05) is 84.9 Å². The zero-order valence-electron chi connectivity index (χ0n) is 37.5. The summed E-state index contributed by atoms with van der Waals surface area (Å²) >= 11 is 0. The third kappa shape index (κ3) is 12.0. The number of amides is 3. The molecule has 1 saturated heterocycles. The summed E-state index contributed by atoms with van der Waals surface area (Å²) in [5.41, 5.74) is 4.65. The second-order valence-corrected chi connectivity index (χ2v) is 19.7. The van der Waals surface area contributed by atoms with Gasteiger partial charge in [-0.15, -0.1) is 10.2 Å². The first-order valence-corrected chi connectivity index (χ1v) is 22.2. The van der Waals surface area contributed by atoms with Crippen molar-refractivity contribution in [2.75, 3.05) is 25.0 Å². The summed E-state index contributed by atoms with van der Waals surface area (Å²) in [4.78, 5) is 68.4. The Morgan fingerprint density at radius 2 is 1.54 bits per heavy atom. The highest BCUT2D eigenvalue weighted by atomic mass is 16.6. The van der Waals surface area contributed by atoms with E-state index in [1.165, 1.54) is 0 Å². The van der Waals surface area contributed by atoms with Crippen LogP contribution in [0.25, 0.3) is 22.5 Å². The first kappa shape index (κ1) is 45.1. The Morgan fingerprint density at radius 1 is 0.841 bits per heavy atom. The number of ether oxygens (including phenoxy) is 2. The van der Waals surface area contributed by atoms with Gasteiger partial charge < -0.3 is 25.0 Å². The van der Waals surface area contributed by atoms with Crippen molar-refractivity contribution in [1.82, 2.24) is 30.8 Å². The number of Topliss-reactive ketones (excluding diaryl/α,β-unsaturated/α-hetero) is 2. The number of aryl methyl sites for hydroxylation is 1. The number of hydrogen-bond acceptors (Lipinski definition) is 10. The van der Waals surface area contributed by atoms with Crippen molar-refractivity contribution in [3.8, 4) is 22.5 Å². The molecule has 3 fully saturated rings. The standard InChI is InChI=1S/C49H61N7O7/c1-29-11-14-35(43(58)25-39-40-27-56(28-41(39)40)47(61)63-49(5,6)7)23-38(29)34-10-8-9-31(21-34)22-36(45(59)51-37-19-17-33(18-20-37)44-52-54-55-53-44)24-42(57)32-15-12-30(13-16-32)26-50-46(60)62-48(2,3)4/h8-11,14,17-21,23,30,32,36,39-41H,12-13,15-16,22,24-28H2,1-7H3,(H,50,60)(H,51,59)(H,52,53,54,55)/t30?,32?,36-,39?,40?,41?/m1/s1. The Morgan fingerprint density at radius 3 is 2.19 bits per heavy atom. The fourth-order valence-corrected chi connectivity index (χ4v) is 9.15. The normalized spacial score (nSPS) is 21.2. The van der Waals surface area contributed by atoms with Gasteiger partial charge in [0.15, 0.2) is 5.78 Å². The number of piperidine rings is 1. The van der Waals surface area contributed by atoms with Gasteiger partial charge in [0.1, 0.15) is 17.0 Å². The minimum atomic E-state index is -0.644. The number of ketones is 2. The maximum absolute atomic E-state index is 14.1. The SMILES string of the molecule is Cc1ccc(C(=O)CC2C3CN(C(=O)OC(C)(C)C)CC23)cc1-c1cccc(C[C@H](CC(=O)C2CCC(CNC(=O)OC(C)(C)C)CC2)C(=O)Nc2ccc(-c3nn[nH]n3)cc2)c1. The van der Waals surface area contributed by atoms with Crippen LogP contribution in [0.2, 0.25) is 0 Å². The van der Waals surface area contributed by atoms with Crippen molar-refractivity contribution in [2.24, 2.45) is 35.5 Å². The Hall–Kier alpha value is -5.92. The lowest BCUT2D eigenvalue weighted by atomic mass is 9.77. The second kappa shape index (κ2) is 18.8. The predicted molar refractivity (Wildman–Crippen MR) is 239 cm³/mol. The van der Waals surface area contributed by atoms with Gasteiger partial charge in [-0.05, 0) is 162 Å². The predicted octanol–water partition coefficient (Wildman–Crippen LogP) is 8.62. The molecule has 3 aromatic carbocycles. The third-order valence-electron chi connectivity index (χ3n) is 12.5. The lowest BCUT2D eigenvalue weighted by Gasteiger charge is -2.29. The van der Waals surface area contributed by atoms with Gasteiger partial charge in [-0.3, -0.25) is 14.4 Å². The first-order valence-electron chi connectivity index (χ1n) is 22.2. The molecule has 14 nitrogen and oxygen atoms in total. The quantitative estimate of drug-likeness (QED) is 0.104. The first-order chi connectivity index (χ1) is 29.9. The van der Waals surface area contributed by atoms with Gasteiger partial charge in [0.2, 0.25) is 11.7 Å². The molecule has 334 valence electrons. The van der Waals surface area contributed by atoms with Crippen molar-refractivity contribution in [3.63, 3.8) is 0 Å². The summed E-state index contributed by atoms with van der Waals surface area (Å²) in [6, 6.07) is 21.0. The monoisotopic (exact) mass is 859 g/mol. The van der Waals surface area contributed by atoms with Crippen LogP contribution in [0.3, 0.4) is 0 Å². The molecule has 4 aromatic rings. The highest BCUT2D eigenvalue weighted by Gasteiger charge is 2.57. The van der Waals surface area contributed by atoms with Crippen molar-refractivity contribution < 1.29 is 33.4 Å². The molecule has 1 aromatic heterocycles. The number of nitrogens with one attached hydrogen (secondary N) is 3. The Balaban J connectivity index is 1.01. The number of aromatic amines is 1. The molecular formula is C49H61N7O7. The molecule has 0 radical (unpaired) electrons. The van der Waals surface area contributed by atoms with E-state index in [2.05, 4.69) is 37.3 Å². The Bertz CT molecular complexity index is 2280. The summed E-state index contributed by atoms with van der Waals surface area (Å²) in [5, 5.41) is 20.0. The summed E-state index contributed by atoms with van der Waals surface area (Å²) in [6.45, 7) is 14.8. The van der Waals surface area contributed by atoms with E-state index in [1.54, 1.807) is 29.2 Å². The molecule has 0 bridgehead atoms. The van der Waals surface area contributed by atoms with Gasteiger partial charge in [-0.25, -0.2) is 9.59 Å². The molecule has 2 aliphatic carbocycles. The van der Waals surface area contributed by atoms with Crippen molar-refractivity contribution >= 4 is 35.3 Å². The summed E-state index contributed by atoms with van der Waals surface area (Å²) in [7, 11) is 0. The average molecular weight is 860 g/mol. The number of benzene rings is 3. The number of carbonyl (C=O) groups is 5. The van der Waals surface area contributed by atoms with E-state index in [0.29, 0.717) is 74.2 Å². The van der Waals surface area contributed by atoms with Gasteiger partial charge in [0.05, 0.1) is 0 Å². The third-order valence-corrected chi connectivity index (χ3v) is 12.5. The van der Waals surface area contributed by atoms with Gasteiger partial charge in [0, 0.05) is 61.1 Å². The molecule has 2 unspecified atom stereocenters. The van der Waals surface area contributed by atoms with Crippen LogP contribution in [0.1, 0.15) is 102 Å². The molecule has 3 aliphatic rings. The van der Waals surface area contributed by atoms with Crippen molar-refractivity contribution in [3.05, 3.63) is 83.4 Å². The van der Waals surface area contributed by atoms with E-state index in [9.17, 15) is 24.0 Å². The van der Waals surface area contributed by atoms with Crippen molar-refractivity contribution in [2.45, 2.75) is 105 Å². The molecule has 7 rings (SSSR count). The van der Waals surface area contributed by atoms with Crippen LogP contribution in [0.15, 0.2) is 66.7 Å². The molecule has 1 aliphatic heterocycles. The minimum Gasteiger partial charge on any atom is -0.444 e. The molecule has 2 saturated carbocycles. The lowest BCUT2D eigenvalue weighted by Crippen LogP contribution is -2.37. The number of hydrogen-bond donors (Lipinski definition) is 3. The largest absolute Gasteiger partial charge is 0.444 e. The molecule has 0 spiro atoms. The summed E-state index contributed by atoms with van der Waals surface area (Å²) in [5.74, 6) is 0.681. The summed E-state index contributed by atoms with van der Waals surface area (Å²) in [6.07, 6.45) is 3.13. The molecule has 3 atom stereocenters. The number of H-pyrrole nitrogens is 1. The molecule has 2 heterocycles. The van der Waals surface area contributed by atoms with E-state index >= 15 is 0 Å². The van der Waals surface area contributed by atoms with Gasteiger partial charge in [-0.2, -0.15) is 5.21 Å². The smallest absolute Gasteiger partial charge is 0.410 e.